The molecule has 1 saturated heterocycles. The van der Waals surface area contributed by atoms with Gasteiger partial charge in [0.05, 0.1) is 13.7 Å². The first-order valence-corrected chi connectivity index (χ1v) is 6.46. The van der Waals surface area contributed by atoms with Crippen molar-refractivity contribution in [2.75, 3.05) is 32.1 Å². The number of hydrogen-bond acceptors (Lipinski definition) is 4. The van der Waals surface area contributed by atoms with E-state index in [0.29, 0.717) is 24.6 Å². The molecule has 6 heteroatoms. The largest absolute Gasteiger partial charge is 0.497 e. The molecule has 1 aliphatic heterocycles. The number of carbonyl (C=O) groups is 1. The average molecular weight is 315 g/mol. The third-order valence-electron chi connectivity index (χ3n) is 2.59. The van der Waals surface area contributed by atoms with Crippen LogP contribution in [0, 0.1) is 0 Å². The molecule has 1 aromatic carbocycles. The lowest BCUT2D eigenvalue weighted by molar-refractivity contribution is -0.128. The standard InChI is InChI=1S/C12H15BrN2O3/c1-17-10-5-8(13)4-9(6-10)15-12(16)11-7-14-2-3-18-11/h4-6,11,14H,2-3,7H2,1H3,(H,15,16). The monoisotopic (exact) mass is 314 g/mol. The fourth-order valence-electron chi connectivity index (χ4n) is 1.71. The molecular formula is C12H15BrN2O3. The Bertz CT molecular complexity index is 433. The molecule has 1 aromatic rings. The van der Waals surface area contributed by atoms with Crippen LogP contribution in [0.5, 0.6) is 5.75 Å². The predicted octanol–water partition coefficient (Wildman–Crippen LogP) is 1.38. The Labute approximate surface area is 114 Å². The first-order chi connectivity index (χ1) is 8.69. The minimum atomic E-state index is -0.441. The number of morpholine rings is 1. The van der Waals surface area contributed by atoms with E-state index in [9.17, 15) is 4.79 Å². The molecule has 2 rings (SSSR count). The van der Waals surface area contributed by atoms with Crippen molar-refractivity contribution >= 4 is 27.5 Å². The summed E-state index contributed by atoms with van der Waals surface area (Å²) in [5.41, 5.74) is 0.681. The third-order valence-corrected chi connectivity index (χ3v) is 3.05. The number of nitrogens with one attached hydrogen (secondary N) is 2. The molecule has 1 atom stereocenters. The van der Waals surface area contributed by atoms with Crippen LogP contribution in [0.3, 0.4) is 0 Å². The summed E-state index contributed by atoms with van der Waals surface area (Å²) in [7, 11) is 1.58. The van der Waals surface area contributed by atoms with Crippen LogP contribution in [0.25, 0.3) is 0 Å². The van der Waals surface area contributed by atoms with Crippen molar-refractivity contribution in [3.63, 3.8) is 0 Å². The molecule has 2 N–H and O–H groups in total. The normalized spacial score (nSPS) is 19.3. The van der Waals surface area contributed by atoms with Gasteiger partial charge in [0.2, 0.25) is 0 Å². The van der Waals surface area contributed by atoms with Crippen LogP contribution in [-0.4, -0.2) is 38.8 Å². The smallest absolute Gasteiger partial charge is 0.254 e. The van der Waals surface area contributed by atoms with E-state index in [2.05, 4.69) is 26.6 Å². The highest BCUT2D eigenvalue weighted by Gasteiger charge is 2.21. The van der Waals surface area contributed by atoms with Crippen LogP contribution in [0.4, 0.5) is 5.69 Å². The highest BCUT2D eigenvalue weighted by molar-refractivity contribution is 9.10. The fraction of sp³-hybridized carbons (Fsp3) is 0.417. The van der Waals surface area contributed by atoms with Gasteiger partial charge in [0.15, 0.2) is 0 Å². The lowest BCUT2D eigenvalue weighted by atomic mass is 10.2. The van der Waals surface area contributed by atoms with Gasteiger partial charge in [-0.25, -0.2) is 0 Å². The van der Waals surface area contributed by atoms with E-state index in [1.165, 1.54) is 0 Å². The summed E-state index contributed by atoms with van der Waals surface area (Å²) in [5.74, 6) is 0.532. The van der Waals surface area contributed by atoms with Gasteiger partial charge >= 0.3 is 0 Å². The molecular weight excluding hydrogens is 300 g/mol. The number of hydrogen-bond donors (Lipinski definition) is 2. The van der Waals surface area contributed by atoms with E-state index < -0.39 is 6.10 Å². The zero-order chi connectivity index (χ0) is 13.0. The molecule has 0 bridgehead atoms. The molecule has 1 unspecified atom stereocenters. The van der Waals surface area contributed by atoms with E-state index in [1.807, 2.05) is 12.1 Å². The molecule has 1 fully saturated rings. The van der Waals surface area contributed by atoms with Crippen molar-refractivity contribution in [1.29, 1.82) is 0 Å². The molecule has 0 aromatic heterocycles. The maximum atomic E-state index is 11.9. The Morgan fingerprint density at radius 2 is 2.39 bits per heavy atom. The Morgan fingerprint density at radius 3 is 3.06 bits per heavy atom. The number of carbonyl (C=O) groups excluding carboxylic acids is 1. The Balaban J connectivity index is 2.03. The molecule has 0 radical (unpaired) electrons. The van der Waals surface area contributed by atoms with E-state index in [0.717, 1.165) is 11.0 Å². The number of halogens is 1. The second-order valence-electron chi connectivity index (χ2n) is 3.93. The summed E-state index contributed by atoms with van der Waals surface area (Å²) in [6, 6.07) is 5.41. The predicted molar refractivity (Wildman–Crippen MR) is 71.9 cm³/mol. The van der Waals surface area contributed by atoms with Crippen molar-refractivity contribution in [2.24, 2.45) is 0 Å². The second kappa shape index (κ2) is 6.17. The Kier molecular flexibility index (Phi) is 4.57. The van der Waals surface area contributed by atoms with Crippen LogP contribution in [-0.2, 0) is 9.53 Å². The van der Waals surface area contributed by atoms with Crippen molar-refractivity contribution in [1.82, 2.24) is 5.32 Å². The van der Waals surface area contributed by atoms with Gasteiger partial charge < -0.3 is 20.1 Å². The number of methoxy groups -OCH3 is 1. The summed E-state index contributed by atoms with van der Waals surface area (Å²) in [4.78, 5) is 11.9. The maximum absolute atomic E-state index is 11.9. The van der Waals surface area contributed by atoms with Gasteiger partial charge in [-0.3, -0.25) is 4.79 Å². The minimum Gasteiger partial charge on any atom is -0.497 e. The molecule has 1 aliphatic rings. The summed E-state index contributed by atoms with van der Waals surface area (Å²) < 4.78 is 11.4. The summed E-state index contributed by atoms with van der Waals surface area (Å²) in [6.07, 6.45) is -0.441. The quantitative estimate of drug-likeness (QED) is 0.885. The highest BCUT2D eigenvalue weighted by Crippen LogP contribution is 2.24. The summed E-state index contributed by atoms with van der Waals surface area (Å²) in [5, 5.41) is 5.93. The number of rotatable bonds is 3. The highest BCUT2D eigenvalue weighted by atomic mass is 79.9. The Morgan fingerprint density at radius 1 is 1.56 bits per heavy atom. The van der Waals surface area contributed by atoms with Crippen LogP contribution in [0.15, 0.2) is 22.7 Å². The van der Waals surface area contributed by atoms with Gasteiger partial charge in [-0.1, -0.05) is 15.9 Å². The number of benzene rings is 1. The molecule has 1 amide bonds. The SMILES string of the molecule is COc1cc(Br)cc(NC(=O)C2CNCCO2)c1. The number of anilines is 1. The van der Waals surface area contributed by atoms with Crippen LogP contribution in [0.1, 0.15) is 0 Å². The lowest BCUT2D eigenvalue weighted by Gasteiger charge is -2.22. The van der Waals surface area contributed by atoms with Crippen LogP contribution in [0.2, 0.25) is 0 Å². The Hall–Kier alpha value is -1.11. The van der Waals surface area contributed by atoms with Crippen molar-refractivity contribution < 1.29 is 14.3 Å². The van der Waals surface area contributed by atoms with Gasteiger partial charge in [0.1, 0.15) is 11.9 Å². The topological polar surface area (TPSA) is 59.6 Å². The van der Waals surface area contributed by atoms with Crippen molar-refractivity contribution in [3.05, 3.63) is 22.7 Å². The molecule has 0 saturated carbocycles. The molecule has 18 heavy (non-hydrogen) atoms. The van der Waals surface area contributed by atoms with Gasteiger partial charge in [-0.05, 0) is 12.1 Å². The van der Waals surface area contributed by atoms with Crippen molar-refractivity contribution in [2.45, 2.75) is 6.10 Å². The number of ether oxygens (including phenoxy) is 2. The van der Waals surface area contributed by atoms with Gasteiger partial charge in [0.25, 0.3) is 5.91 Å². The number of amides is 1. The lowest BCUT2D eigenvalue weighted by Crippen LogP contribution is -2.45. The van der Waals surface area contributed by atoms with Crippen LogP contribution < -0.4 is 15.4 Å². The van der Waals surface area contributed by atoms with E-state index in [4.69, 9.17) is 9.47 Å². The van der Waals surface area contributed by atoms with Crippen LogP contribution >= 0.6 is 15.9 Å². The summed E-state index contributed by atoms with van der Waals surface area (Å²) >= 11 is 3.36. The van der Waals surface area contributed by atoms with E-state index >= 15 is 0 Å². The average Bonchev–Trinajstić information content (AvgIpc) is 2.39. The first kappa shape index (κ1) is 13.3. The molecule has 98 valence electrons. The first-order valence-electron chi connectivity index (χ1n) is 5.67. The molecule has 0 spiro atoms. The maximum Gasteiger partial charge on any atom is 0.254 e. The van der Waals surface area contributed by atoms with Gasteiger partial charge in [-0.15, -0.1) is 0 Å². The molecule has 1 heterocycles. The zero-order valence-corrected chi connectivity index (χ0v) is 11.6. The zero-order valence-electron chi connectivity index (χ0n) is 10.0. The van der Waals surface area contributed by atoms with E-state index in [-0.39, 0.29) is 5.91 Å². The fourth-order valence-corrected chi connectivity index (χ4v) is 2.18. The minimum absolute atomic E-state index is 0.151. The van der Waals surface area contributed by atoms with Gasteiger partial charge in [0, 0.05) is 29.3 Å². The third kappa shape index (κ3) is 3.44. The second-order valence-corrected chi connectivity index (χ2v) is 4.85. The van der Waals surface area contributed by atoms with Gasteiger partial charge in [-0.2, -0.15) is 0 Å². The summed E-state index contributed by atoms with van der Waals surface area (Å²) in [6.45, 7) is 1.88. The van der Waals surface area contributed by atoms with Crippen molar-refractivity contribution in [3.8, 4) is 5.75 Å². The molecule has 0 aliphatic carbocycles. The van der Waals surface area contributed by atoms with E-state index in [1.54, 1.807) is 13.2 Å². The molecule has 5 nitrogen and oxygen atoms in total.